The Morgan fingerprint density at radius 3 is 2.35 bits per heavy atom. The Kier molecular flexibility index (Phi) is 5.89. The predicted molar refractivity (Wildman–Crippen MR) is 86.9 cm³/mol. The zero-order valence-electron chi connectivity index (χ0n) is 12.0. The van der Waals surface area contributed by atoms with Crippen LogP contribution in [0.15, 0.2) is 28.7 Å². The second-order valence-electron chi connectivity index (χ2n) is 5.57. The van der Waals surface area contributed by atoms with E-state index in [2.05, 4.69) is 26.6 Å². The van der Waals surface area contributed by atoms with Crippen LogP contribution >= 0.6 is 15.9 Å². The van der Waals surface area contributed by atoms with Crippen molar-refractivity contribution in [1.82, 2.24) is 5.32 Å². The summed E-state index contributed by atoms with van der Waals surface area (Å²) in [5.74, 6) is 0.0971. The van der Waals surface area contributed by atoms with E-state index in [1.807, 2.05) is 31.2 Å². The molecule has 0 spiro atoms. The minimum Gasteiger partial charge on any atom is -0.374 e. The highest BCUT2D eigenvalue weighted by atomic mass is 79.9. The van der Waals surface area contributed by atoms with Gasteiger partial charge in [0, 0.05) is 16.2 Å². The number of nitrogens with one attached hydrogen (secondary N) is 2. The molecule has 1 aliphatic rings. The number of hydrogen-bond acceptors (Lipinski definition) is 2. The fraction of sp³-hybridized carbons (Fsp3) is 0.562. The van der Waals surface area contributed by atoms with Crippen LogP contribution in [0.4, 0.5) is 5.69 Å². The summed E-state index contributed by atoms with van der Waals surface area (Å²) in [6.45, 7) is 1.91. The molecule has 1 atom stereocenters. The minimum atomic E-state index is -0.209. The van der Waals surface area contributed by atoms with Crippen molar-refractivity contribution in [2.75, 3.05) is 5.32 Å². The summed E-state index contributed by atoms with van der Waals surface area (Å²) < 4.78 is 1.04. The lowest BCUT2D eigenvalue weighted by molar-refractivity contribution is -0.122. The first-order valence-corrected chi connectivity index (χ1v) is 8.27. The quantitative estimate of drug-likeness (QED) is 0.812. The highest BCUT2D eigenvalue weighted by molar-refractivity contribution is 9.10. The number of halogens is 1. The maximum absolute atomic E-state index is 12.2. The highest BCUT2D eigenvalue weighted by Gasteiger charge is 2.18. The normalized spacial score (nSPS) is 18.1. The van der Waals surface area contributed by atoms with E-state index < -0.39 is 0 Å². The lowest BCUT2D eigenvalue weighted by Crippen LogP contribution is -2.43. The van der Waals surface area contributed by atoms with E-state index in [-0.39, 0.29) is 11.9 Å². The molecule has 1 aromatic carbocycles. The van der Waals surface area contributed by atoms with Crippen LogP contribution in [0.2, 0.25) is 0 Å². The van der Waals surface area contributed by atoms with Gasteiger partial charge < -0.3 is 10.6 Å². The zero-order valence-corrected chi connectivity index (χ0v) is 13.6. The van der Waals surface area contributed by atoms with Gasteiger partial charge in [-0.3, -0.25) is 4.79 Å². The maximum atomic E-state index is 12.2. The molecule has 0 saturated heterocycles. The first-order chi connectivity index (χ1) is 9.65. The average molecular weight is 339 g/mol. The molecule has 1 saturated carbocycles. The van der Waals surface area contributed by atoms with Gasteiger partial charge in [0.05, 0.1) is 0 Å². The van der Waals surface area contributed by atoms with Crippen molar-refractivity contribution in [3.8, 4) is 0 Å². The Hall–Kier alpha value is -1.03. The summed E-state index contributed by atoms with van der Waals surface area (Å²) in [5.41, 5.74) is 0.969. The lowest BCUT2D eigenvalue weighted by Gasteiger charge is -2.20. The van der Waals surface area contributed by atoms with Gasteiger partial charge in [-0.05, 0) is 44.0 Å². The Morgan fingerprint density at radius 1 is 1.15 bits per heavy atom. The molecule has 4 heteroatoms. The second-order valence-corrected chi connectivity index (χ2v) is 6.49. The van der Waals surface area contributed by atoms with Crippen molar-refractivity contribution < 1.29 is 4.79 Å². The van der Waals surface area contributed by atoms with Crippen molar-refractivity contribution in [2.45, 2.75) is 57.5 Å². The van der Waals surface area contributed by atoms with Crippen molar-refractivity contribution in [2.24, 2.45) is 0 Å². The van der Waals surface area contributed by atoms with Gasteiger partial charge in [-0.15, -0.1) is 0 Å². The third kappa shape index (κ3) is 4.82. The van der Waals surface area contributed by atoms with E-state index >= 15 is 0 Å². The summed E-state index contributed by atoms with van der Waals surface area (Å²) in [4.78, 5) is 12.2. The third-order valence-electron chi connectivity index (χ3n) is 3.82. The first-order valence-electron chi connectivity index (χ1n) is 7.47. The monoisotopic (exact) mass is 338 g/mol. The SMILES string of the molecule is C[C@H](Nc1ccc(Br)cc1)C(=O)NC1CCCCCC1. The molecule has 20 heavy (non-hydrogen) atoms. The van der Waals surface area contributed by atoms with Crippen LogP contribution in [0, 0.1) is 0 Å². The Morgan fingerprint density at radius 2 is 1.75 bits per heavy atom. The zero-order chi connectivity index (χ0) is 14.4. The van der Waals surface area contributed by atoms with Gasteiger partial charge >= 0.3 is 0 Å². The molecule has 2 rings (SSSR count). The predicted octanol–water partition coefficient (Wildman–Crippen LogP) is 4.09. The van der Waals surface area contributed by atoms with Crippen molar-refractivity contribution in [1.29, 1.82) is 0 Å². The molecular weight excluding hydrogens is 316 g/mol. The van der Waals surface area contributed by atoms with Gasteiger partial charge in [-0.25, -0.2) is 0 Å². The number of hydrogen-bond donors (Lipinski definition) is 2. The molecule has 0 bridgehead atoms. The van der Waals surface area contributed by atoms with Crippen LogP contribution in [-0.2, 0) is 4.79 Å². The molecule has 0 heterocycles. The molecule has 1 fully saturated rings. The number of rotatable bonds is 4. The number of carbonyl (C=O) groups excluding carboxylic acids is 1. The number of benzene rings is 1. The van der Waals surface area contributed by atoms with Crippen molar-refractivity contribution in [3.63, 3.8) is 0 Å². The molecule has 1 aromatic rings. The van der Waals surface area contributed by atoms with E-state index in [9.17, 15) is 4.79 Å². The molecular formula is C16H23BrN2O. The summed E-state index contributed by atoms with van der Waals surface area (Å²) in [6.07, 6.45) is 7.32. The molecule has 1 amide bonds. The van der Waals surface area contributed by atoms with Gasteiger partial charge in [0.1, 0.15) is 6.04 Å². The molecule has 0 radical (unpaired) electrons. The van der Waals surface area contributed by atoms with E-state index in [1.165, 1.54) is 25.7 Å². The number of carbonyl (C=O) groups is 1. The molecule has 110 valence electrons. The average Bonchev–Trinajstić information content (AvgIpc) is 2.70. The number of anilines is 1. The van der Waals surface area contributed by atoms with Gasteiger partial charge in [0.25, 0.3) is 0 Å². The molecule has 0 aliphatic heterocycles. The summed E-state index contributed by atoms with van der Waals surface area (Å²) in [7, 11) is 0. The molecule has 2 N–H and O–H groups in total. The van der Waals surface area contributed by atoms with Crippen molar-refractivity contribution >= 4 is 27.5 Å². The van der Waals surface area contributed by atoms with Crippen molar-refractivity contribution in [3.05, 3.63) is 28.7 Å². The topological polar surface area (TPSA) is 41.1 Å². The lowest BCUT2D eigenvalue weighted by atomic mass is 10.1. The van der Waals surface area contributed by atoms with E-state index in [1.54, 1.807) is 0 Å². The summed E-state index contributed by atoms with van der Waals surface area (Å²) in [5, 5.41) is 6.42. The van der Waals surface area contributed by atoms with Gasteiger partial charge in [-0.2, -0.15) is 0 Å². The van der Waals surface area contributed by atoms with E-state index in [4.69, 9.17) is 0 Å². The van der Waals surface area contributed by atoms with Crippen LogP contribution in [0.25, 0.3) is 0 Å². The maximum Gasteiger partial charge on any atom is 0.242 e. The summed E-state index contributed by atoms with van der Waals surface area (Å²) in [6, 6.07) is 8.04. The highest BCUT2D eigenvalue weighted by Crippen LogP contribution is 2.18. The Labute approximate surface area is 129 Å². The summed E-state index contributed by atoms with van der Waals surface area (Å²) >= 11 is 3.41. The van der Waals surface area contributed by atoms with Crippen LogP contribution in [0.3, 0.4) is 0 Å². The largest absolute Gasteiger partial charge is 0.374 e. The van der Waals surface area contributed by atoms with E-state index in [0.717, 1.165) is 23.0 Å². The first kappa shape index (κ1) is 15.4. The fourth-order valence-corrected chi connectivity index (χ4v) is 2.88. The van der Waals surface area contributed by atoms with Gasteiger partial charge in [0.15, 0.2) is 0 Å². The van der Waals surface area contributed by atoms with Gasteiger partial charge in [0.2, 0.25) is 5.91 Å². The second kappa shape index (κ2) is 7.67. The van der Waals surface area contributed by atoms with Crippen LogP contribution in [-0.4, -0.2) is 18.0 Å². The fourth-order valence-electron chi connectivity index (χ4n) is 2.61. The van der Waals surface area contributed by atoms with Gasteiger partial charge in [-0.1, -0.05) is 41.6 Å². The molecule has 0 unspecified atom stereocenters. The van der Waals surface area contributed by atoms with Crippen LogP contribution in [0.1, 0.15) is 45.4 Å². The standard InChI is InChI=1S/C16H23BrN2O/c1-12(18-15-10-8-13(17)9-11-15)16(20)19-14-6-4-2-3-5-7-14/h8-12,14,18H,2-7H2,1H3,(H,19,20)/t12-/m0/s1. The molecule has 1 aliphatic carbocycles. The molecule has 3 nitrogen and oxygen atoms in total. The Bertz CT molecular complexity index is 425. The minimum absolute atomic E-state index is 0.0971. The van der Waals surface area contributed by atoms with Crippen LogP contribution < -0.4 is 10.6 Å². The number of amides is 1. The van der Waals surface area contributed by atoms with E-state index in [0.29, 0.717) is 6.04 Å². The Balaban J connectivity index is 1.83. The van der Waals surface area contributed by atoms with Crippen LogP contribution in [0.5, 0.6) is 0 Å². The smallest absolute Gasteiger partial charge is 0.242 e. The third-order valence-corrected chi connectivity index (χ3v) is 4.35. The molecule has 0 aromatic heterocycles.